The molecular weight excluding hydrogens is 943 g/mol. The summed E-state index contributed by atoms with van der Waals surface area (Å²) in [7, 11) is 0. The van der Waals surface area contributed by atoms with Crippen molar-refractivity contribution in [1.29, 1.82) is 0 Å². The van der Waals surface area contributed by atoms with Crippen LogP contribution in [0.5, 0.6) is 0 Å². The summed E-state index contributed by atoms with van der Waals surface area (Å²) in [6, 6.07) is -0.847. The van der Waals surface area contributed by atoms with Gasteiger partial charge in [-0.1, -0.05) is 180 Å². The van der Waals surface area contributed by atoms with Crippen LogP contribution in [0, 0.1) is 0 Å². The van der Waals surface area contributed by atoms with Crippen molar-refractivity contribution in [2.75, 3.05) is 19.8 Å². The summed E-state index contributed by atoms with van der Waals surface area (Å²) < 4.78 is 22.6. The largest absolute Gasteiger partial charge is 0.394 e. The van der Waals surface area contributed by atoms with E-state index in [9.17, 15) is 45.6 Å². The highest BCUT2D eigenvalue weighted by Gasteiger charge is 2.51. The first-order valence-corrected chi connectivity index (χ1v) is 27.8. The Labute approximate surface area is 444 Å². The van der Waals surface area contributed by atoms with Gasteiger partial charge in [0.1, 0.15) is 48.8 Å². The molecule has 420 valence electrons. The van der Waals surface area contributed by atoms with Gasteiger partial charge in [-0.15, -0.1) is 0 Å². The highest BCUT2D eigenvalue weighted by atomic mass is 16.7. The molecule has 0 saturated carbocycles. The summed E-state index contributed by atoms with van der Waals surface area (Å²) in [6.07, 6.45) is 47.1. The third-order valence-corrected chi connectivity index (χ3v) is 12.7. The van der Waals surface area contributed by atoms with Crippen LogP contribution in [-0.2, 0) is 23.7 Å². The maximum Gasteiger partial charge on any atom is 0.220 e. The van der Waals surface area contributed by atoms with Crippen molar-refractivity contribution >= 4 is 5.91 Å². The van der Waals surface area contributed by atoms with E-state index in [1.807, 2.05) is 0 Å². The predicted molar refractivity (Wildman–Crippen MR) is 295 cm³/mol. The molecule has 0 bridgehead atoms. The second kappa shape index (κ2) is 44.5. The average molecular weight is 1040 g/mol. The third kappa shape index (κ3) is 30.2. The van der Waals surface area contributed by atoms with E-state index in [-0.39, 0.29) is 18.9 Å². The van der Waals surface area contributed by atoms with Gasteiger partial charge in [0.2, 0.25) is 5.91 Å². The van der Waals surface area contributed by atoms with Crippen molar-refractivity contribution in [2.45, 2.75) is 229 Å². The molecule has 1 amide bonds. The molecular formula is C60H97NO13. The number of amides is 1. The van der Waals surface area contributed by atoms with E-state index < -0.39 is 86.8 Å². The SMILES string of the molecule is CC/C=C\C/C=C\C/C=C\C/C=C\C/C=C\C/C=C\C/C=C\C/C=C\C/C=C\C/C=C\CCCCCCC(=O)NC(COC1OC(CO)C(OC2OC(CO)C(O)C(O)C2O)C(O)C1O)C(O)CCCCCCC. The van der Waals surface area contributed by atoms with Crippen LogP contribution in [0.4, 0.5) is 0 Å². The third-order valence-electron chi connectivity index (χ3n) is 12.7. The molecule has 2 saturated heterocycles. The van der Waals surface area contributed by atoms with Crippen LogP contribution in [0.25, 0.3) is 0 Å². The standard InChI is InChI=1S/C60H97NO13/c1-3-5-7-9-10-11-12-13-14-15-16-17-18-19-20-21-22-23-24-25-26-27-28-29-30-31-32-33-34-35-36-37-38-40-42-44-52(65)61-48(49(64)43-41-39-8-6-4-2)47-71-59-57(70)55(68)58(51(46-63)73-59)74-60-56(69)54(67)53(66)50(45-62)72-60/h5,7,10-11,13-14,16-17,19-20,22-23,25-26,28-29,31-32,34-35,48-51,53-60,62-64,66-70H,3-4,6,8-9,12,15,18,21,24,27,30,33,36-47H2,1-2H3,(H,61,65)/b7-5-,11-10-,14-13-,17-16-,20-19-,23-22-,26-25-,29-28-,32-31-,35-34-. The zero-order valence-electron chi connectivity index (χ0n) is 44.8. The molecule has 14 nitrogen and oxygen atoms in total. The molecule has 12 atom stereocenters. The molecule has 0 aromatic heterocycles. The van der Waals surface area contributed by atoms with E-state index >= 15 is 0 Å². The Balaban J connectivity index is 1.62. The van der Waals surface area contributed by atoms with E-state index in [2.05, 4.69) is 141 Å². The summed E-state index contributed by atoms with van der Waals surface area (Å²) in [4.78, 5) is 13.1. The Hall–Kier alpha value is -3.61. The number of unbranched alkanes of at least 4 members (excludes halogenated alkanes) is 8. The fraction of sp³-hybridized carbons (Fsp3) is 0.650. The first kappa shape index (κ1) is 66.5. The number of hydrogen-bond donors (Lipinski definition) is 9. The van der Waals surface area contributed by atoms with E-state index in [0.29, 0.717) is 12.8 Å². The van der Waals surface area contributed by atoms with Crippen LogP contribution in [0.1, 0.15) is 155 Å². The van der Waals surface area contributed by atoms with Crippen LogP contribution in [-0.4, -0.2) is 140 Å². The molecule has 74 heavy (non-hydrogen) atoms. The van der Waals surface area contributed by atoms with Gasteiger partial charge < -0.3 is 65.1 Å². The monoisotopic (exact) mass is 1040 g/mol. The Kier molecular flexibility index (Phi) is 40.0. The number of carbonyl (C=O) groups excluding carboxylic acids is 1. The van der Waals surface area contributed by atoms with E-state index in [4.69, 9.17) is 18.9 Å². The Morgan fingerprint density at radius 1 is 0.500 bits per heavy atom. The number of nitrogens with one attached hydrogen (secondary N) is 1. The number of allylic oxidation sites excluding steroid dienone is 20. The molecule has 2 aliphatic heterocycles. The summed E-state index contributed by atoms with van der Waals surface area (Å²) in [5.74, 6) is -0.246. The van der Waals surface area contributed by atoms with Crippen LogP contribution in [0.15, 0.2) is 122 Å². The van der Waals surface area contributed by atoms with Gasteiger partial charge in [0.05, 0.1) is 32.0 Å². The molecule has 2 heterocycles. The fourth-order valence-electron chi connectivity index (χ4n) is 8.20. The number of hydrogen-bond acceptors (Lipinski definition) is 13. The van der Waals surface area contributed by atoms with Crippen molar-refractivity contribution in [2.24, 2.45) is 0 Å². The number of rotatable bonds is 41. The lowest BCUT2D eigenvalue weighted by atomic mass is 9.97. The van der Waals surface area contributed by atoms with Crippen LogP contribution >= 0.6 is 0 Å². The molecule has 9 N–H and O–H groups in total. The van der Waals surface area contributed by atoms with Crippen molar-refractivity contribution < 1.29 is 64.6 Å². The topological polar surface area (TPSA) is 228 Å². The Bertz CT molecular complexity index is 1700. The van der Waals surface area contributed by atoms with Crippen molar-refractivity contribution in [3.63, 3.8) is 0 Å². The van der Waals surface area contributed by atoms with Crippen LogP contribution in [0.3, 0.4) is 0 Å². The lowest BCUT2D eigenvalue weighted by Gasteiger charge is -2.46. The summed E-state index contributed by atoms with van der Waals surface area (Å²) in [5.41, 5.74) is 0. The molecule has 2 rings (SSSR count). The van der Waals surface area contributed by atoms with Gasteiger partial charge in [0.15, 0.2) is 12.6 Å². The van der Waals surface area contributed by atoms with E-state index in [1.165, 1.54) is 0 Å². The normalized spacial score (nSPS) is 26.2. The quantitative estimate of drug-likeness (QED) is 0.0207. The highest BCUT2D eigenvalue weighted by Crippen LogP contribution is 2.30. The zero-order valence-corrected chi connectivity index (χ0v) is 44.8. The van der Waals surface area contributed by atoms with Crippen molar-refractivity contribution in [1.82, 2.24) is 5.32 Å². The number of ether oxygens (including phenoxy) is 4. The number of aliphatic hydroxyl groups excluding tert-OH is 8. The van der Waals surface area contributed by atoms with Gasteiger partial charge in [0.25, 0.3) is 0 Å². The van der Waals surface area contributed by atoms with Crippen molar-refractivity contribution in [3.05, 3.63) is 122 Å². The summed E-state index contributed by atoms with van der Waals surface area (Å²) in [6.45, 7) is 2.58. The molecule has 12 unspecified atom stereocenters. The highest BCUT2D eigenvalue weighted by molar-refractivity contribution is 5.76. The molecule has 2 fully saturated rings. The van der Waals surface area contributed by atoms with Crippen LogP contribution < -0.4 is 5.32 Å². The number of aliphatic hydroxyl groups is 8. The van der Waals surface area contributed by atoms with E-state index in [0.717, 1.165) is 122 Å². The van der Waals surface area contributed by atoms with Crippen LogP contribution in [0.2, 0.25) is 0 Å². The Morgan fingerprint density at radius 2 is 0.932 bits per heavy atom. The Morgan fingerprint density at radius 3 is 1.42 bits per heavy atom. The molecule has 0 aromatic rings. The molecule has 2 aliphatic rings. The minimum Gasteiger partial charge on any atom is -0.394 e. The van der Waals surface area contributed by atoms with Gasteiger partial charge in [-0.05, 0) is 89.9 Å². The first-order valence-electron chi connectivity index (χ1n) is 27.8. The smallest absolute Gasteiger partial charge is 0.220 e. The second-order valence-electron chi connectivity index (χ2n) is 19.0. The molecule has 0 radical (unpaired) electrons. The maximum absolute atomic E-state index is 13.1. The predicted octanol–water partition coefficient (Wildman–Crippen LogP) is 8.66. The molecule has 0 aromatic carbocycles. The van der Waals surface area contributed by atoms with Gasteiger partial charge in [-0.25, -0.2) is 0 Å². The minimum atomic E-state index is -1.79. The van der Waals surface area contributed by atoms with E-state index in [1.54, 1.807) is 0 Å². The van der Waals surface area contributed by atoms with Gasteiger partial charge in [-0.2, -0.15) is 0 Å². The fourth-order valence-corrected chi connectivity index (χ4v) is 8.20. The average Bonchev–Trinajstić information content (AvgIpc) is 3.40. The van der Waals surface area contributed by atoms with Crippen molar-refractivity contribution in [3.8, 4) is 0 Å². The molecule has 0 spiro atoms. The van der Waals surface area contributed by atoms with Gasteiger partial charge in [0, 0.05) is 6.42 Å². The molecule has 14 heteroatoms. The zero-order chi connectivity index (χ0) is 53.9. The first-order chi connectivity index (χ1) is 36.1. The number of carbonyl (C=O) groups is 1. The summed E-state index contributed by atoms with van der Waals surface area (Å²) in [5, 5.41) is 86.4. The van der Waals surface area contributed by atoms with Gasteiger partial charge in [-0.3, -0.25) is 4.79 Å². The lowest BCUT2D eigenvalue weighted by molar-refractivity contribution is -0.359. The maximum atomic E-state index is 13.1. The lowest BCUT2D eigenvalue weighted by Crippen LogP contribution is -2.65. The minimum absolute atomic E-state index is 0.246. The second-order valence-corrected chi connectivity index (χ2v) is 19.0. The van der Waals surface area contributed by atoms with Gasteiger partial charge >= 0.3 is 0 Å². The summed E-state index contributed by atoms with van der Waals surface area (Å²) >= 11 is 0. The molecule has 0 aliphatic carbocycles.